The molecule has 2 amide bonds. The number of allylic oxidation sites excluding steroid dienone is 2. The Hall–Kier alpha value is -2.30. The van der Waals surface area contributed by atoms with Crippen LogP contribution in [0.5, 0.6) is 5.75 Å². The average molecular weight is 300 g/mol. The van der Waals surface area contributed by atoms with E-state index in [9.17, 15) is 9.59 Å². The van der Waals surface area contributed by atoms with Crippen molar-refractivity contribution in [2.75, 3.05) is 11.9 Å². The zero-order chi connectivity index (χ0) is 15.5. The number of carbonyl (C=O) groups is 2. The maximum Gasteiger partial charge on any atom is 0.262 e. The van der Waals surface area contributed by atoms with Crippen molar-refractivity contribution in [1.29, 1.82) is 0 Å². The van der Waals surface area contributed by atoms with E-state index in [1.165, 1.54) is 0 Å². The Morgan fingerprint density at radius 3 is 3.14 bits per heavy atom. The Labute approximate surface area is 129 Å². The van der Waals surface area contributed by atoms with Crippen LogP contribution in [0.25, 0.3) is 0 Å². The predicted molar refractivity (Wildman–Crippen MR) is 83.6 cm³/mol. The molecular weight excluding hydrogens is 280 g/mol. The van der Waals surface area contributed by atoms with Gasteiger partial charge in [0.2, 0.25) is 5.91 Å². The van der Waals surface area contributed by atoms with Crippen LogP contribution in [0.3, 0.4) is 0 Å². The largest absolute Gasteiger partial charge is 0.482 e. The summed E-state index contributed by atoms with van der Waals surface area (Å²) in [6, 6.07) is 5.48. The van der Waals surface area contributed by atoms with E-state index >= 15 is 0 Å². The smallest absolute Gasteiger partial charge is 0.262 e. The van der Waals surface area contributed by atoms with Crippen LogP contribution in [0.1, 0.15) is 37.8 Å². The molecule has 0 aromatic heterocycles. The predicted octanol–water partition coefficient (Wildman–Crippen LogP) is 2.55. The molecule has 1 heterocycles. The zero-order valence-electron chi connectivity index (χ0n) is 12.6. The number of fused-ring (bicyclic) bond motifs is 1. The highest BCUT2D eigenvalue weighted by Crippen LogP contribution is 2.30. The van der Waals surface area contributed by atoms with Gasteiger partial charge in [0.1, 0.15) is 5.75 Å². The first-order valence-electron chi connectivity index (χ1n) is 7.64. The summed E-state index contributed by atoms with van der Waals surface area (Å²) in [6.45, 7) is 1.99. The maximum atomic E-state index is 12.1. The molecule has 1 aliphatic carbocycles. The monoisotopic (exact) mass is 300 g/mol. The van der Waals surface area contributed by atoms with Gasteiger partial charge in [-0.2, -0.15) is 0 Å². The van der Waals surface area contributed by atoms with Crippen molar-refractivity contribution in [3.8, 4) is 5.75 Å². The van der Waals surface area contributed by atoms with Gasteiger partial charge in [0.25, 0.3) is 5.91 Å². The van der Waals surface area contributed by atoms with Gasteiger partial charge in [-0.1, -0.05) is 18.2 Å². The highest BCUT2D eigenvalue weighted by atomic mass is 16.5. The highest BCUT2D eigenvalue weighted by Gasteiger charge is 2.19. The SMILES string of the molecule is C[C@@H](NC(=O)C[C@H]1C=CCC1)c1ccc2c(c1)NC(=O)CO2. The first-order valence-corrected chi connectivity index (χ1v) is 7.64. The molecule has 116 valence electrons. The topological polar surface area (TPSA) is 67.4 Å². The van der Waals surface area contributed by atoms with Gasteiger partial charge in [0.05, 0.1) is 11.7 Å². The average Bonchev–Trinajstić information content (AvgIpc) is 2.99. The normalized spacial score (nSPS) is 20.8. The van der Waals surface area contributed by atoms with E-state index in [0.29, 0.717) is 23.8 Å². The van der Waals surface area contributed by atoms with Gasteiger partial charge in [-0.3, -0.25) is 9.59 Å². The van der Waals surface area contributed by atoms with Crippen LogP contribution in [0, 0.1) is 5.92 Å². The molecule has 1 aromatic carbocycles. The summed E-state index contributed by atoms with van der Waals surface area (Å²) in [5.41, 5.74) is 1.61. The third-order valence-corrected chi connectivity index (χ3v) is 4.07. The lowest BCUT2D eigenvalue weighted by molar-refractivity contribution is -0.122. The molecule has 0 radical (unpaired) electrons. The molecule has 1 aliphatic heterocycles. The molecule has 22 heavy (non-hydrogen) atoms. The summed E-state index contributed by atoms with van der Waals surface area (Å²) < 4.78 is 5.33. The van der Waals surface area contributed by atoms with E-state index in [1.807, 2.05) is 25.1 Å². The summed E-state index contributed by atoms with van der Waals surface area (Å²) >= 11 is 0. The number of rotatable bonds is 4. The fourth-order valence-corrected chi connectivity index (χ4v) is 2.86. The lowest BCUT2D eigenvalue weighted by atomic mass is 10.0. The number of carbonyl (C=O) groups excluding carboxylic acids is 2. The van der Waals surface area contributed by atoms with Gasteiger partial charge < -0.3 is 15.4 Å². The van der Waals surface area contributed by atoms with Crippen molar-refractivity contribution in [2.24, 2.45) is 5.92 Å². The van der Waals surface area contributed by atoms with Crippen LogP contribution < -0.4 is 15.4 Å². The molecule has 0 saturated carbocycles. The van der Waals surface area contributed by atoms with Crippen molar-refractivity contribution in [3.63, 3.8) is 0 Å². The molecule has 2 atom stereocenters. The summed E-state index contributed by atoms with van der Waals surface area (Å²) in [5.74, 6) is 0.929. The van der Waals surface area contributed by atoms with Crippen LogP contribution in [-0.4, -0.2) is 18.4 Å². The van der Waals surface area contributed by atoms with Gasteiger partial charge in [0.15, 0.2) is 6.61 Å². The van der Waals surface area contributed by atoms with E-state index < -0.39 is 0 Å². The Kier molecular flexibility index (Phi) is 4.13. The van der Waals surface area contributed by atoms with Crippen molar-refractivity contribution in [3.05, 3.63) is 35.9 Å². The third-order valence-electron chi connectivity index (χ3n) is 4.07. The fraction of sp³-hybridized carbons (Fsp3) is 0.412. The standard InChI is InChI=1S/C17H20N2O3/c1-11(18-16(20)8-12-4-2-3-5-12)13-6-7-15-14(9-13)19-17(21)10-22-15/h2,4,6-7,9,11-12H,3,5,8,10H2,1H3,(H,18,20)(H,19,21)/t11-,12+/m1/s1. The number of ether oxygens (including phenoxy) is 1. The first-order chi connectivity index (χ1) is 10.6. The number of amides is 2. The lowest BCUT2D eigenvalue weighted by Gasteiger charge is -2.21. The zero-order valence-corrected chi connectivity index (χ0v) is 12.6. The Morgan fingerprint density at radius 1 is 1.50 bits per heavy atom. The van der Waals surface area contributed by atoms with Gasteiger partial charge in [-0.05, 0) is 43.4 Å². The van der Waals surface area contributed by atoms with E-state index in [-0.39, 0.29) is 24.5 Å². The Balaban J connectivity index is 1.63. The molecule has 0 saturated heterocycles. The van der Waals surface area contributed by atoms with Crippen LogP contribution in [-0.2, 0) is 9.59 Å². The number of benzene rings is 1. The number of hydrogen-bond donors (Lipinski definition) is 2. The second-order valence-corrected chi connectivity index (χ2v) is 5.85. The second kappa shape index (κ2) is 6.22. The Bertz CT molecular complexity index is 624. The van der Waals surface area contributed by atoms with Crippen molar-refractivity contribution < 1.29 is 14.3 Å². The molecule has 3 rings (SSSR count). The van der Waals surface area contributed by atoms with E-state index in [4.69, 9.17) is 4.74 Å². The summed E-state index contributed by atoms with van der Waals surface area (Å²) in [4.78, 5) is 23.4. The van der Waals surface area contributed by atoms with Crippen LogP contribution in [0.15, 0.2) is 30.4 Å². The molecule has 0 bridgehead atoms. The fourth-order valence-electron chi connectivity index (χ4n) is 2.86. The van der Waals surface area contributed by atoms with Gasteiger partial charge in [-0.25, -0.2) is 0 Å². The molecule has 5 nitrogen and oxygen atoms in total. The minimum atomic E-state index is -0.158. The lowest BCUT2D eigenvalue weighted by Crippen LogP contribution is -2.28. The minimum Gasteiger partial charge on any atom is -0.482 e. The molecule has 1 aromatic rings. The summed E-state index contributed by atoms with van der Waals surface area (Å²) in [6.07, 6.45) is 6.91. The van der Waals surface area contributed by atoms with Crippen LogP contribution in [0.2, 0.25) is 0 Å². The summed E-state index contributed by atoms with van der Waals surface area (Å²) in [5, 5.41) is 5.80. The second-order valence-electron chi connectivity index (χ2n) is 5.85. The number of hydrogen-bond acceptors (Lipinski definition) is 3. The van der Waals surface area contributed by atoms with Gasteiger partial charge >= 0.3 is 0 Å². The van der Waals surface area contributed by atoms with Gasteiger partial charge in [-0.15, -0.1) is 0 Å². The van der Waals surface area contributed by atoms with E-state index in [0.717, 1.165) is 18.4 Å². The van der Waals surface area contributed by atoms with Crippen molar-refractivity contribution in [2.45, 2.75) is 32.2 Å². The first kappa shape index (κ1) is 14.6. The molecule has 2 N–H and O–H groups in total. The van der Waals surface area contributed by atoms with Gasteiger partial charge in [0, 0.05) is 6.42 Å². The molecule has 0 fully saturated rings. The molecular formula is C17H20N2O3. The van der Waals surface area contributed by atoms with E-state index in [1.54, 1.807) is 0 Å². The minimum absolute atomic E-state index is 0.0491. The number of nitrogens with one attached hydrogen (secondary N) is 2. The van der Waals surface area contributed by atoms with Crippen molar-refractivity contribution in [1.82, 2.24) is 5.32 Å². The van der Waals surface area contributed by atoms with Crippen molar-refractivity contribution >= 4 is 17.5 Å². The quantitative estimate of drug-likeness (QED) is 0.840. The molecule has 5 heteroatoms. The molecule has 2 aliphatic rings. The number of anilines is 1. The van der Waals surface area contributed by atoms with Crippen LogP contribution >= 0.6 is 0 Å². The van der Waals surface area contributed by atoms with Crippen LogP contribution in [0.4, 0.5) is 5.69 Å². The van der Waals surface area contributed by atoms with E-state index in [2.05, 4.69) is 22.8 Å². The molecule has 0 unspecified atom stereocenters. The highest BCUT2D eigenvalue weighted by molar-refractivity contribution is 5.95. The summed E-state index contributed by atoms with van der Waals surface area (Å²) in [7, 11) is 0. The maximum absolute atomic E-state index is 12.1. The third kappa shape index (κ3) is 3.30. The molecule has 0 spiro atoms. The Morgan fingerprint density at radius 2 is 2.36 bits per heavy atom.